The molecule has 1 rings (SSSR count). The molecule has 0 unspecified atom stereocenters. The van der Waals surface area contributed by atoms with Crippen LogP contribution in [-0.2, 0) is 4.74 Å². The van der Waals surface area contributed by atoms with E-state index in [0.29, 0.717) is 5.71 Å². The van der Waals surface area contributed by atoms with Crippen LogP contribution in [0.3, 0.4) is 0 Å². The van der Waals surface area contributed by atoms with E-state index in [1.807, 2.05) is 0 Å². The van der Waals surface area contributed by atoms with Crippen LogP contribution in [0.15, 0.2) is 5.10 Å². The normalized spacial score (nSPS) is 17.2. The third kappa shape index (κ3) is 8.05. The van der Waals surface area contributed by atoms with Crippen LogP contribution in [0.25, 0.3) is 0 Å². The Bertz CT molecular complexity index is 404. The van der Waals surface area contributed by atoms with Crippen LogP contribution < -0.4 is 16.5 Å². The number of hydrazone groups is 1. The molecule has 0 aromatic heterocycles. The second-order valence-corrected chi connectivity index (χ2v) is 8.09. The van der Waals surface area contributed by atoms with Gasteiger partial charge in [0.05, 0.1) is 16.8 Å². The lowest BCUT2D eigenvalue weighted by Crippen LogP contribution is -2.39. The predicted molar refractivity (Wildman–Crippen MR) is 87.7 cm³/mol. The number of nitrogens with two attached hydrogens (primary N) is 1. The van der Waals surface area contributed by atoms with E-state index in [2.05, 4.69) is 15.8 Å². The highest BCUT2D eigenvalue weighted by Crippen LogP contribution is 2.31. The summed E-state index contributed by atoms with van der Waals surface area (Å²) >= 11 is 3.47. The van der Waals surface area contributed by atoms with Crippen molar-refractivity contribution in [3.8, 4) is 0 Å². The van der Waals surface area contributed by atoms with Crippen LogP contribution in [0.2, 0.25) is 0 Å². The first-order valence-corrected chi connectivity index (χ1v) is 8.69. The number of thioether (sulfide) groups is 2. The van der Waals surface area contributed by atoms with Crippen molar-refractivity contribution in [3.05, 3.63) is 0 Å². The van der Waals surface area contributed by atoms with Crippen LogP contribution in [0, 0.1) is 0 Å². The number of urea groups is 1. The monoisotopic (exact) mass is 334 g/mol. The maximum atomic E-state index is 11.7. The Morgan fingerprint density at radius 1 is 1.33 bits per heavy atom. The molecule has 1 aliphatic heterocycles. The average Bonchev–Trinajstić information content (AvgIpc) is 2.37. The Labute approximate surface area is 133 Å². The Hall–Kier alpha value is -1.09. The van der Waals surface area contributed by atoms with Crippen LogP contribution in [0.5, 0.6) is 0 Å². The Morgan fingerprint density at radius 2 is 1.95 bits per heavy atom. The van der Waals surface area contributed by atoms with E-state index in [1.54, 1.807) is 44.3 Å². The van der Waals surface area contributed by atoms with Gasteiger partial charge >= 0.3 is 12.1 Å². The molecule has 0 saturated carbocycles. The molecule has 0 atom stereocenters. The van der Waals surface area contributed by atoms with E-state index >= 15 is 0 Å². The number of amides is 3. The summed E-state index contributed by atoms with van der Waals surface area (Å²) in [4.78, 5) is 22.5. The molecule has 0 bridgehead atoms. The number of rotatable bonds is 4. The first-order chi connectivity index (χ1) is 9.78. The number of alkyl carbamates (subject to hydrolysis) is 1. The van der Waals surface area contributed by atoms with Crippen molar-refractivity contribution >= 4 is 41.4 Å². The van der Waals surface area contributed by atoms with E-state index in [1.165, 1.54) is 0 Å². The molecule has 0 aromatic rings. The van der Waals surface area contributed by atoms with E-state index in [4.69, 9.17) is 10.5 Å². The molecule has 1 heterocycles. The fourth-order valence-corrected chi connectivity index (χ4v) is 4.31. The van der Waals surface area contributed by atoms with Crippen LogP contribution in [0.4, 0.5) is 9.59 Å². The number of hydrogen-bond acceptors (Lipinski definition) is 6. The standard InChI is InChI=1S/C12H22N4O3S2/c1-12(2,3)19-11(18)14-7-8(15-16-10(13)17)9-20-5-4-6-21-9/h9H,4-7H2,1-3H3,(H,14,18)(H3,13,16,17). The second-order valence-electron chi connectivity index (χ2n) is 5.36. The van der Waals surface area contributed by atoms with E-state index in [9.17, 15) is 9.59 Å². The summed E-state index contributed by atoms with van der Waals surface area (Å²) in [5.74, 6) is 2.05. The first kappa shape index (κ1) is 18.0. The maximum absolute atomic E-state index is 11.7. The van der Waals surface area contributed by atoms with Crippen LogP contribution in [-0.4, -0.2) is 46.1 Å². The number of nitrogens with one attached hydrogen (secondary N) is 2. The lowest BCUT2D eigenvalue weighted by atomic mass is 10.2. The van der Waals surface area contributed by atoms with Gasteiger partial charge in [0, 0.05) is 0 Å². The second kappa shape index (κ2) is 8.38. The van der Waals surface area contributed by atoms with Gasteiger partial charge in [-0.25, -0.2) is 15.0 Å². The van der Waals surface area contributed by atoms with Crippen molar-refractivity contribution in [1.29, 1.82) is 0 Å². The van der Waals surface area contributed by atoms with Gasteiger partial charge in [0.2, 0.25) is 0 Å². The molecule has 1 aliphatic rings. The summed E-state index contributed by atoms with van der Waals surface area (Å²) in [6, 6.07) is -0.726. The molecule has 1 saturated heterocycles. The van der Waals surface area contributed by atoms with Crippen LogP contribution >= 0.6 is 23.5 Å². The molecule has 7 nitrogen and oxygen atoms in total. The summed E-state index contributed by atoms with van der Waals surface area (Å²) in [6.45, 7) is 5.59. The Kier molecular flexibility index (Phi) is 7.16. The van der Waals surface area contributed by atoms with Gasteiger partial charge in [-0.1, -0.05) is 0 Å². The minimum Gasteiger partial charge on any atom is -0.444 e. The summed E-state index contributed by atoms with van der Waals surface area (Å²) in [5.41, 5.74) is 7.36. The highest BCUT2D eigenvalue weighted by molar-refractivity contribution is 8.18. The minimum atomic E-state index is -0.726. The van der Waals surface area contributed by atoms with Gasteiger partial charge in [-0.05, 0) is 38.7 Å². The lowest BCUT2D eigenvalue weighted by molar-refractivity contribution is 0.0536. The van der Waals surface area contributed by atoms with Gasteiger partial charge in [0.1, 0.15) is 5.60 Å². The third-order valence-electron chi connectivity index (χ3n) is 2.22. The predicted octanol–water partition coefficient (Wildman–Crippen LogP) is 1.73. The van der Waals surface area contributed by atoms with Crippen LogP contribution in [0.1, 0.15) is 27.2 Å². The first-order valence-electron chi connectivity index (χ1n) is 6.60. The zero-order valence-electron chi connectivity index (χ0n) is 12.5. The highest BCUT2D eigenvalue weighted by Gasteiger charge is 2.23. The van der Waals surface area contributed by atoms with E-state index in [-0.39, 0.29) is 11.1 Å². The molecular formula is C12H22N4O3S2. The fourth-order valence-electron chi connectivity index (χ4n) is 1.46. The summed E-state index contributed by atoms with van der Waals surface area (Å²) in [7, 11) is 0. The molecular weight excluding hydrogens is 312 g/mol. The van der Waals surface area contributed by atoms with E-state index in [0.717, 1.165) is 17.9 Å². The summed E-state index contributed by atoms with van der Waals surface area (Å²) in [5, 5.41) is 6.65. The number of carbonyl (C=O) groups is 2. The van der Waals surface area contributed by atoms with Crippen molar-refractivity contribution in [2.75, 3.05) is 18.1 Å². The molecule has 21 heavy (non-hydrogen) atoms. The molecule has 1 fully saturated rings. The number of primary amides is 1. The molecule has 9 heteroatoms. The number of ether oxygens (including phenoxy) is 1. The Morgan fingerprint density at radius 3 is 2.48 bits per heavy atom. The topological polar surface area (TPSA) is 106 Å². The lowest BCUT2D eigenvalue weighted by Gasteiger charge is -2.24. The fraction of sp³-hybridized carbons (Fsp3) is 0.750. The van der Waals surface area contributed by atoms with Gasteiger partial charge in [-0.15, -0.1) is 23.5 Å². The van der Waals surface area contributed by atoms with Gasteiger partial charge in [0.25, 0.3) is 0 Å². The molecule has 4 N–H and O–H groups in total. The highest BCUT2D eigenvalue weighted by atomic mass is 32.2. The maximum Gasteiger partial charge on any atom is 0.407 e. The molecule has 0 radical (unpaired) electrons. The third-order valence-corrected chi connectivity index (χ3v) is 5.24. The van der Waals surface area contributed by atoms with Gasteiger partial charge in [0.15, 0.2) is 0 Å². The zero-order chi connectivity index (χ0) is 15.9. The van der Waals surface area contributed by atoms with Crippen molar-refractivity contribution < 1.29 is 14.3 Å². The quantitative estimate of drug-likeness (QED) is 0.536. The van der Waals surface area contributed by atoms with Gasteiger partial charge in [-0.2, -0.15) is 5.10 Å². The number of carbonyl (C=O) groups excluding carboxylic acids is 2. The Balaban J connectivity index is 2.58. The molecule has 0 aromatic carbocycles. The summed E-state index contributed by atoms with van der Waals surface area (Å²) in [6.07, 6.45) is 0.627. The molecule has 3 amide bonds. The average molecular weight is 334 g/mol. The largest absolute Gasteiger partial charge is 0.444 e. The smallest absolute Gasteiger partial charge is 0.407 e. The van der Waals surface area contributed by atoms with Crippen molar-refractivity contribution in [2.45, 2.75) is 37.4 Å². The van der Waals surface area contributed by atoms with Gasteiger partial charge in [-0.3, -0.25) is 0 Å². The number of nitrogens with zero attached hydrogens (tertiary/aromatic N) is 1. The molecule has 120 valence electrons. The van der Waals surface area contributed by atoms with Gasteiger partial charge < -0.3 is 15.8 Å². The van der Waals surface area contributed by atoms with Crippen molar-refractivity contribution in [3.63, 3.8) is 0 Å². The minimum absolute atomic E-state index is 0.0977. The van der Waals surface area contributed by atoms with Crippen molar-refractivity contribution in [1.82, 2.24) is 10.7 Å². The molecule has 0 aliphatic carbocycles. The zero-order valence-corrected chi connectivity index (χ0v) is 14.1. The summed E-state index contributed by atoms with van der Waals surface area (Å²) < 4.78 is 5.27. The molecule has 0 spiro atoms. The van der Waals surface area contributed by atoms with E-state index < -0.39 is 17.7 Å². The SMILES string of the molecule is CC(C)(C)OC(=O)NCC(=NNC(N)=O)C1SCCCS1. The van der Waals surface area contributed by atoms with Crippen molar-refractivity contribution in [2.24, 2.45) is 10.8 Å². The number of hydrogen-bond donors (Lipinski definition) is 3.